The summed E-state index contributed by atoms with van der Waals surface area (Å²) >= 11 is 0. The van der Waals surface area contributed by atoms with E-state index >= 15 is 0 Å². The number of nitrogens with zero attached hydrogens (tertiary/aromatic N) is 1. The molecule has 30 heavy (non-hydrogen) atoms. The van der Waals surface area contributed by atoms with E-state index < -0.39 is 0 Å². The van der Waals surface area contributed by atoms with E-state index in [9.17, 15) is 5.11 Å². The largest absolute Gasteiger partial charge is 0.393 e. The minimum absolute atomic E-state index is 0.103. The molecule has 6 rings (SSSR count). The Morgan fingerprint density at radius 1 is 0.967 bits per heavy atom. The second-order valence-electron chi connectivity index (χ2n) is 11.3. The molecule has 0 radical (unpaired) electrons. The number of allylic oxidation sites excluding steroid dienone is 1. The predicted octanol–water partition coefficient (Wildman–Crippen LogP) is 6.64. The van der Waals surface area contributed by atoms with Gasteiger partial charge in [-0.25, -0.2) is 0 Å². The summed E-state index contributed by atoms with van der Waals surface area (Å²) in [5.41, 5.74) is 3.91. The number of rotatable bonds is 1. The van der Waals surface area contributed by atoms with Gasteiger partial charge in [-0.15, -0.1) is 0 Å². The van der Waals surface area contributed by atoms with Gasteiger partial charge in [0, 0.05) is 17.8 Å². The molecule has 1 aromatic carbocycles. The molecule has 0 aliphatic heterocycles. The van der Waals surface area contributed by atoms with Crippen LogP contribution in [0.15, 0.2) is 48.3 Å². The smallest absolute Gasteiger partial charge is 0.0577 e. The van der Waals surface area contributed by atoms with Crippen molar-refractivity contribution in [2.75, 3.05) is 0 Å². The molecule has 2 nitrogen and oxygen atoms in total. The Kier molecular flexibility index (Phi) is 4.23. The van der Waals surface area contributed by atoms with Crippen molar-refractivity contribution in [1.82, 2.24) is 4.98 Å². The molecule has 158 valence electrons. The van der Waals surface area contributed by atoms with Crippen molar-refractivity contribution in [2.24, 2.45) is 28.6 Å². The van der Waals surface area contributed by atoms with Gasteiger partial charge in [0.2, 0.25) is 0 Å². The van der Waals surface area contributed by atoms with Crippen LogP contribution in [0, 0.1) is 28.6 Å². The summed E-state index contributed by atoms with van der Waals surface area (Å²) in [5.74, 6) is 3.19. The molecule has 0 amide bonds. The highest BCUT2D eigenvalue weighted by Crippen LogP contribution is 2.68. The van der Waals surface area contributed by atoms with Crippen LogP contribution in [-0.2, 0) is 0 Å². The van der Waals surface area contributed by atoms with Gasteiger partial charge >= 0.3 is 0 Å². The number of aliphatic hydroxyl groups excluding tert-OH is 1. The maximum atomic E-state index is 10.2. The molecule has 4 aliphatic carbocycles. The SMILES string of the molecule is C[C@]12CC[C@H]3[C@@H](CC=C4C[C@@H](O)CC[C@@]43C)[C@@H]1CC[C@@H]2c1ccc2cnccc2c1. The van der Waals surface area contributed by atoms with E-state index in [4.69, 9.17) is 0 Å². The molecular weight excluding hydrogens is 366 g/mol. The van der Waals surface area contributed by atoms with Gasteiger partial charge in [-0.2, -0.15) is 0 Å². The van der Waals surface area contributed by atoms with Gasteiger partial charge in [-0.1, -0.05) is 43.7 Å². The Labute approximate surface area is 180 Å². The van der Waals surface area contributed by atoms with E-state index in [2.05, 4.69) is 49.2 Å². The first-order valence-electron chi connectivity index (χ1n) is 12.2. The summed E-state index contributed by atoms with van der Waals surface area (Å²) in [7, 11) is 0. The molecule has 1 heterocycles. The second kappa shape index (κ2) is 6.66. The summed E-state index contributed by atoms with van der Waals surface area (Å²) in [4.78, 5) is 4.29. The fourth-order valence-corrected chi connectivity index (χ4v) is 8.51. The molecular formula is C28H35NO. The quantitative estimate of drug-likeness (QED) is 0.543. The van der Waals surface area contributed by atoms with Crippen LogP contribution in [0.3, 0.4) is 0 Å². The molecule has 2 heteroatoms. The Balaban J connectivity index is 1.33. The Hall–Kier alpha value is -1.67. The van der Waals surface area contributed by atoms with Gasteiger partial charge < -0.3 is 5.11 Å². The highest BCUT2D eigenvalue weighted by Gasteiger charge is 2.58. The number of aliphatic hydroxyl groups is 1. The third-order valence-corrected chi connectivity index (χ3v) is 10.1. The van der Waals surface area contributed by atoms with Crippen LogP contribution in [0.1, 0.15) is 76.7 Å². The lowest BCUT2D eigenvalue weighted by molar-refractivity contribution is -0.0409. The van der Waals surface area contributed by atoms with E-state index in [0.29, 0.717) is 16.7 Å². The highest BCUT2D eigenvalue weighted by atomic mass is 16.3. The Morgan fingerprint density at radius 2 is 1.87 bits per heavy atom. The van der Waals surface area contributed by atoms with Crippen molar-refractivity contribution in [3.63, 3.8) is 0 Å². The zero-order valence-corrected chi connectivity index (χ0v) is 18.5. The number of aromatic nitrogens is 1. The van der Waals surface area contributed by atoms with Gasteiger partial charge in [0.1, 0.15) is 0 Å². The first-order valence-corrected chi connectivity index (χ1v) is 12.2. The summed E-state index contributed by atoms with van der Waals surface area (Å²) in [6.45, 7) is 5.16. The van der Waals surface area contributed by atoms with Crippen LogP contribution in [-0.4, -0.2) is 16.2 Å². The molecule has 1 N–H and O–H groups in total. The average molecular weight is 402 g/mol. The molecule has 0 bridgehead atoms. The van der Waals surface area contributed by atoms with Gasteiger partial charge in [0.15, 0.2) is 0 Å². The van der Waals surface area contributed by atoms with E-state index in [1.807, 2.05) is 12.4 Å². The monoisotopic (exact) mass is 401 g/mol. The number of pyridine rings is 1. The fourth-order valence-electron chi connectivity index (χ4n) is 8.51. The van der Waals surface area contributed by atoms with E-state index in [-0.39, 0.29) is 6.10 Å². The van der Waals surface area contributed by atoms with Crippen molar-refractivity contribution in [1.29, 1.82) is 0 Å². The molecule has 0 spiro atoms. The molecule has 2 aromatic rings. The first-order chi connectivity index (χ1) is 14.5. The number of fused-ring (bicyclic) bond motifs is 6. The molecule has 3 fully saturated rings. The lowest BCUT2D eigenvalue weighted by Gasteiger charge is -2.58. The third-order valence-electron chi connectivity index (χ3n) is 10.1. The number of hydrogen-bond donors (Lipinski definition) is 1. The second-order valence-corrected chi connectivity index (χ2v) is 11.3. The lowest BCUT2D eigenvalue weighted by atomic mass is 9.47. The van der Waals surface area contributed by atoms with Crippen LogP contribution in [0.5, 0.6) is 0 Å². The molecule has 1 aromatic heterocycles. The van der Waals surface area contributed by atoms with E-state index in [1.54, 1.807) is 11.1 Å². The van der Waals surface area contributed by atoms with Crippen LogP contribution >= 0.6 is 0 Å². The van der Waals surface area contributed by atoms with Crippen LogP contribution in [0.4, 0.5) is 0 Å². The van der Waals surface area contributed by atoms with Crippen molar-refractivity contribution in [3.8, 4) is 0 Å². The maximum Gasteiger partial charge on any atom is 0.0577 e. The van der Waals surface area contributed by atoms with Gasteiger partial charge in [-0.3, -0.25) is 4.98 Å². The van der Waals surface area contributed by atoms with E-state index in [0.717, 1.165) is 30.6 Å². The zero-order chi connectivity index (χ0) is 20.5. The van der Waals surface area contributed by atoms with Gasteiger partial charge in [-0.05, 0) is 103 Å². The summed E-state index contributed by atoms with van der Waals surface area (Å²) in [5, 5.41) is 12.8. The first kappa shape index (κ1) is 19.0. The molecule has 4 aliphatic rings. The topological polar surface area (TPSA) is 33.1 Å². The van der Waals surface area contributed by atoms with Crippen molar-refractivity contribution < 1.29 is 5.11 Å². The minimum Gasteiger partial charge on any atom is -0.393 e. The molecule has 0 unspecified atom stereocenters. The van der Waals surface area contributed by atoms with Crippen molar-refractivity contribution >= 4 is 10.8 Å². The molecule has 7 atom stereocenters. The lowest BCUT2D eigenvalue weighted by Crippen LogP contribution is -2.50. The van der Waals surface area contributed by atoms with Crippen LogP contribution in [0.25, 0.3) is 10.8 Å². The molecule has 3 saturated carbocycles. The number of hydrogen-bond acceptors (Lipinski definition) is 2. The highest BCUT2D eigenvalue weighted by molar-refractivity contribution is 5.82. The average Bonchev–Trinajstić information content (AvgIpc) is 3.11. The number of benzene rings is 1. The van der Waals surface area contributed by atoms with Gasteiger partial charge in [0.25, 0.3) is 0 Å². The van der Waals surface area contributed by atoms with Gasteiger partial charge in [0.05, 0.1) is 6.10 Å². The third kappa shape index (κ3) is 2.62. The Bertz CT molecular complexity index is 1010. The predicted molar refractivity (Wildman–Crippen MR) is 122 cm³/mol. The zero-order valence-electron chi connectivity index (χ0n) is 18.5. The summed E-state index contributed by atoms with van der Waals surface area (Å²) < 4.78 is 0. The standard InChI is InChI=1S/C28H35NO/c1-27-12-9-22(30)16-21(27)5-6-23-25-8-7-24(28(25,2)13-10-26(23)27)19-3-4-20-17-29-14-11-18(20)15-19/h3-5,11,14-15,17,22-26,30H,6-10,12-13,16H2,1-2H3/t22-,23-,24+,25-,26-,27-,28+/m0/s1. The Morgan fingerprint density at radius 3 is 2.77 bits per heavy atom. The maximum absolute atomic E-state index is 10.2. The van der Waals surface area contributed by atoms with Crippen LogP contribution in [0.2, 0.25) is 0 Å². The fraction of sp³-hybridized carbons (Fsp3) is 0.607. The molecule has 0 saturated heterocycles. The summed E-state index contributed by atoms with van der Waals surface area (Å²) in [6.07, 6.45) is 16.2. The van der Waals surface area contributed by atoms with E-state index in [1.165, 1.54) is 49.3 Å². The minimum atomic E-state index is -0.103. The van der Waals surface area contributed by atoms with Crippen molar-refractivity contribution in [3.05, 3.63) is 53.9 Å². The van der Waals surface area contributed by atoms with Crippen molar-refractivity contribution in [2.45, 2.75) is 77.2 Å². The normalized spacial score (nSPS) is 42.9. The summed E-state index contributed by atoms with van der Waals surface area (Å²) in [6, 6.07) is 9.28. The van der Waals surface area contributed by atoms with Crippen LogP contribution < -0.4 is 0 Å².